The Balaban J connectivity index is 0.000000231. The summed E-state index contributed by atoms with van der Waals surface area (Å²) in [5, 5.41) is 15.8. The number of nitrogens with zero attached hydrogens (tertiary/aromatic N) is 13. The van der Waals surface area contributed by atoms with Crippen LogP contribution < -0.4 is 33.8 Å². The molecule has 0 spiro atoms. The molecule has 4 aliphatic heterocycles. The predicted octanol–water partition coefficient (Wildman–Crippen LogP) is 14.7. The third kappa shape index (κ3) is 17.5. The van der Waals surface area contributed by atoms with Crippen molar-refractivity contribution in [3.05, 3.63) is 201 Å². The van der Waals surface area contributed by atoms with Gasteiger partial charge < -0.3 is 43.4 Å². The van der Waals surface area contributed by atoms with E-state index in [0.717, 1.165) is 80.3 Å². The first kappa shape index (κ1) is 77.1. The average molecular weight is 1650 g/mol. The Labute approximate surface area is 663 Å². The number of anilines is 7. The van der Waals surface area contributed by atoms with E-state index in [9.17, 15) is 39.6 Å². The lowest BCUT2D eigenvalue weighted by Gasteiger charge is -2.44. The number of carbonyl (C=O) groups excluding carboxylic acids is 3. The van der Waals surface area contributed by atoms with Crippen LogP contribution in [-0.2, 0) is 50.9 Å². The third-order valence-corrected chi connectivity index (χ3v) is 26.9. The van der Waals surface area contributed by atoms with Crippen LogP contribution >= 0.6 is 68.8 Å². The summed E-state index contributed by atoms with van der Waals surface area (Å²) in [5.41, 5.74) is 8.39. The van der Waals surface area contributed by atoms with Gasteiger partial charge in [0.05, 0.1) is 25.7 Å². The summed E-state index contributed by atoms with van der Waals surface area (Å²) in [6, 6.07) is 40.7. The Kier molecular flexibility index (Phi) is 23.6. The fourth-order valence-electron chi connectivity index (χ4n) is 14.1. The topological polar surface area (TPSA) is 274 Å². The molecule has 34 heteroatoms. The Morgan fingerprint density at radius 3 is 1.35 bits per heavy atom. The van der Waals surface area contributed by atoms with Crippen LogP contribution in [0.1, 0.15) is 67.2 Å². The molecule has 9 heterocycles. The van der Waals surface area contributed by atoms with Crippen molar-refractivity contribution in [3.8, 4) is 0 Å². The molecule has 0 bridgehead atoms. The number of thiazole rings is 2. The van der Waals surface area contributed by atoms with E-state index in [1.165, 1.54) is 33.7 Å². The number of benzene rings is 6. The molecular weight excluding hydrogens is 1560 g/mol. The maximum atomic E-state index is 13.6. The first-order valence-corrected chi connectivity index (χ1v) is 43.2. The number of aryl methyl sites for hydroxylation is 1. The van der Waals surface area contributed by atoms with Gasteiger partial charge in [-0.15, -0.1) is 32.9 Å². The van der Waals surface area contributed by atoms with E-state index in [4.69, 9.17) is 34.8 Å². The molecule has 0 saturated carbocycles. The fraction of sp³-hybridized carbons (Fsp3) is 0.311. The highest BCUT2D eigenvalue weighted by Crippen LogP contribution is 2.35. The zero-order chi connectivity index (χ0) is 76.2. The highest BCUT2D eigenvalue weighted by atomic mass is 35.5. The first-order valence-electron chi connectivity index (χ1n) is 34.9. The molecule has 5 aromatic heterocycles. The minimum Gasteiger partial charge on any atom is -0.368 e. The molecule has 0 radical (unpaired) electrons. The summed E-state index contributed by atoms with van der Waals surface area (Å²) in [6.07, 6.45) is 8.94. The third-order valence-electron chi connectivity index (χ3n) is 19.8. The van der Waals surface area contributed by atoms with Gasteiger partial charge in [0.25, 0.3) is 30.1 Å². The second-order valence-corrected chi connectivity index (χ2v) is 35.6. The lowest BCUT2D eigenvalue weighted by Crippen LogP contribution is -2.58. The van der Waals surface area contributed by atoms with Gasteiger partial charge in [0, 0.05) is 166 Å². The zero-order valence-corrected chi connectivity index (χ0v) is 66.6. The molecular formula is C74H91Cl3N16O9S6. The summed E-state index contributed by atoms with van der Waals surface area (Å²) in [6.45, 7) is 17.1. The van der Waals surface area contributed by atoms with Gasteiger partial charge in [-0.25, -0.2) is 35.2 Å². The fourth-order valence-corrected chi connectivity index (χ4v) is 19.8. The lowest BCUT2D eigenvalue weighted by atomic mass is 9.99. The van der Waals surface area contributed by atoms with Crippen molar-refractivity contribution in [2.75, 3.05) is 106 Å². The minimum atomic E-state index is -3.72. The number of hydrogen-bond acceptors (Lipinski definition) is 20. The Bertz CT molecular complexity index is 5380. The predicted molar refractivity (Wildman–Crippen MR) is 444 cm³/mol. The van der Waals surface area contributed by atoms with Crippen LogP contribution in [0.5, 0.6) is 0 Å². The standard InChI is InChI=1S/C26H30ClN5O3S2.C25H26ClN5O3S2.C23H23ClN6O3S2.6H2/c1-18-17-30(22-6-8-23(9-7-22)37(34,35)29-26-28-11-15-36-26)13-14-31(18)25(33)19(2)32-12-3-4-20-16-21(27)5-10-24(20)32;1-17-16-29(21-5-7-22(8-6-21)36(33,34)28-25-27-10-14-35-25)12-13-30(17)24(32)18(2)31-11-9-19-3-4-20(26)15-23(19)31;1-16(30-9-8-17-2-3-18(24)14-21(17)30)22(31)29-12-10-28(11-13-29)19-4-6-20(7-5-19)35(32,33)27-23-26-25-15-34-23;;;;;;/h5-11,15-16,18-19H,3-4,12-14,17H2,1-2H3,(H,28,29);3-11,14-15,17-18H,12-13,16H2,1-2H3,(H,27,28);2-9,14-16H,10-13H2,1H3,(H,26,27);6*1H/t18?,19-;17-,18-;16-;;;;;;/m110....../s1. The van der Waals surface area contributed by atoms with Gasteiger partial charge in [-0.05, 0) is 191 Å². The molecule has 4 aliphatic rings. The van der Waals surface area contributed by atoms with Crippen molar-refractivity contribution in [2.24, 2.45) is 0 Å². The SMILES string of the molecule is CC1CN(c2ccc(S(=O)(=O)Nc3nccs3)cc2)CCN1C(=O)[C@@H](C)N1CCCc2cc(Cl)ccc21.C[C@@H](C(=O)N1CCN(c2ccc(S(=O)(=O)Nc3nncs3)cc2)CC1)n1ccc2ccc(Cl)cc21.C[C@@H]1CN(c2ccc(S(=O)(=O)Nc3nccs3)cc2)CCN1C(=O)[C@@H](C)n1ccc2ccc(Cl)cc21.[HH].[HH].[HH].[HH].[HH].[HH]. The molecule has 578 valence electrons. The number of hydrogen-bond donors (Lipinski definition) is 3. The number of halogens is 3. The molecule has 3 N–H and O–H groups in total. The van der Waals surface area contributed by atoms with Gasteiger partial charge in [0.1, 0.15) is 23.6 Å². The quantitative estimate of drug-likeness (QED) is 0.0720. The second kappa shape index (κ2) is 33.0. The van der Waals surface area contributed by atoms with Gasteiger partial charge >= 0.3 is 0 Å². The van der Waals surface area contributed by atoms with Crippen molar-refractivity contribution in [1.82, 2.24) is 44.0 Å². The second-order valence-electron chi connectivity index (χ2n) is 26.6. The van der Waals surface area contributed by atoms with Crippen LogP contribution in [-0.4, -0.2) is 177 Å². The van der Waals surface area contributed by atoms with E-state index < -0.39 is 30.1 Å². The van der Waals surface area contributed by atoms with Crippen molar-refractivity contribution in [1.29, 1.82) is 0 Å². The normalized spacial score (nSPS) is 17.2. The summed E-state index contributed by atoms with van der Waals surface area (Å²) >= 11 is 22.1. The van der Waals surface area contributed by atoms with Crippen LogP contribution in [0.3, 0.4) is 0 Å². The maximum Gasteiger partial charge on any atom is 0.263 e. The van der Waals surface area contributed by atoms with Gasteiger partial charge in [-0.3, -0.25) is 28.5 Å². The van der Waals surface area contributed by atoms with E-state index in [1.54, 1.807) is 83.8 Å². The van der Waals surface area contributed by atoms with Crippen LogP contribution in [0, 0.1) is 0 Å². The van der Waals surface area contributed by atoms with E-state index >= 15 is 0 Å². The molecule has 3 saturated heterocycles. The van der Waals surface area contributed by atoms with E-state index in [-0.39, 0.29) is 76.3 Å². The molecule has 0 aliphatic carbocycles. The summed E-state index contributed by atoms with van der Waals surface area (Å²) in [5.74, 6) is 0.255. The highest BCUT2D eigenvalue weighted by molar-refractivity contribution is 7.93. The number of carbonyl (C=O) groups is 3. The van der Waals surface area contributed by atoms with E-state index in [0.29, 0.717) is 85.8 Å². The molecule has 15 rings (SSSR count). The van der Waals surface area contributed by atoms with Gasteiger partial charge in [-0.2, -0.15) is 0 Å². The Hall–Kier alpha value is -9.05. The lowest BCUT2D eigenvalue weighted by molar-refractivity contribution is -0.137. The van der Waals surface area contributed by atoms with Gasteiger partial charge in [0.15, 0.2) is 10.3 Å². The Morgan fingerprint density at radius 2 is 0.907 bits per heavy atom. The number of piperazine rings is 3. The van der Waals surface area contributed by atoms with Crippen LogP contribution in [0.4, 0.5) is 38.1 Å². The molecule has 108 heavy (non-hydrogen) atoms. The molecule has 11 aromatic rings. The van der Waals surface area contributed by atoms with Crippen LogP contribution in [0.2, 0.25) is 15.1 Å². The molecule has 3 amide bonds. The number of sulfonamides is 3. The molecule has 1 unspecified atom stereocenters. The number of rotatable bonds is 18. The van der Waals surface area contributed by atoms with E-state index in [2.05, 4.69) is 60.9 Å². The number of aromatic nitrogens is 6. The average Bonchev–Trinajstić information content (AvgIpc) is 1.48. The van der Waals surface area contributed by atoms with Crippen LogP contribution in [0.15, 0.2) is 195 Å². The smallest absolute Gasteiger partial charge is 0.263 e. The number of nitrogens with one attached hydrogen (secondary N) is 3. The highest BCUT2D eigenvalue weighted by Gasteiger charge is 2.36. The van der Waals surface area contributed by atoms with Gasteiger partial charge in [0.2, 0.25) is 22.9 Å². The molecule has 6 aromatic carbocycles. The van der Waals surface area contributed by atoms with Gasteiger partial charge in [-0.1, -0.05) is 58.3 Å². The molecule has 5 atom stereocenters. The summed E-state index contributed by atoms with van der Waals surface area (Å²) < 4.78 is 86.9. The van der Waals surface area contributed by atoms with E-state index in [1.807, 2.05) is 143 Å². The number of amides is 3. The zero-order valence-electron chi connectivity index (χ0n) is 59.5. The minimum absolute atomic E-state index is 0. The first-order chi connectivity index (χ1) is 51.8. The van der Waals surface area contributed by atoms with Crippen molar-refractivity contribution in [3.63, 3.8) is 0 Å². The summed E-state index contributed by atoms with van der Waals surface area (Å²) in [4.78, 5) is 63.2. The molecule has 25 nitrogen and oxygen atoms in total. The largest absolute Gasteiger partial charge is 0.368 e. The van der Waals surface area contributed by atoms with Crippen molar-refractivity contribution in [2.45, 2.75) is 92.4 Å². The maximum absolute atomic E-state index is 13.6. The van der Waals surface area contributed by atoms with Crippen molar-refractivity contribution < 1.29 is 48.2 Å². The molecule has 3 fully saturated rings. The Morgan fingerprint density at radius 1 is 0.481 bits per heavy atom. The summed E-state index contributed by atoms with van der Waals surface area (Å²) in [7, 11) is -11.1. The van der Waals surface area contributed by atoms with Crippen LogP contribution in [0.25, 0.3) is 21.8 Å². The number of fused-ring (bicyclic) bond motifs is 3. The monoisotopic (exact) mass is 1640 g/mol. The van der Waals surface area contributed by atoms with Crippen molar-refractivity contribution >= 4 is 177 Å².